The van der Waals surface area contributed by atoms with Gasteiger partial charge >= 0.3 is 0 Å². The van der Waals surface area contributed by atoms with Crippen molar-refractivity contribution in [1.29, 1.82) is 0 Å². The van der Waals surface area contributed by atoms with Gasteiger partial charge in [0.25, 0.3) is 0 Å². The van der Waals surface area contributed by atoms with E-state index in [1.807, 2.05) is 0 Å². The van der Waals surface area contributed by atoms with Crippen LogP contribution in [-0.2, 0) is 10.2 Å². The number of carbonyl (C=O) groups is 1. The molecule has 5 nitrogen and oxygen atoms in total. The fourth-order valence-corrected chi connectivity index (χ4v) is 3.77. The summed E-state index contributed by atoms with van der Waals surface area (Å²) in [5.74, 6) is 0.301. The molecule has 0 radical (unpaired) electrons. The van der Waals surface area contributed by atoms with E-state index in [-0.39, 0.29) is 22.7 Å². The number of anilines is 1. The van der Waals surface area contributed by atoms with Crippen molar-refractivity contribution >= 4 is 22.4 Å². The normalized spacial score (nSPS) is 24.6. The maximum absolute atomic E-state index is 12.3. The summed E-state index contributed by atoms with van der Waals surface area (Å²) < 4.78 is 0. The second-order valence-corrected chi connectivity index (χ2v) is 8.00. The van der Waals surface area contributed by atoms with E-state index in [4.69, 9.17) is 0 Å². The van der Waals surface area contributed by atoms with Gasteiger partial charge in [-0.05, 0) is 37.8 Å². The van der Waals surface area contributed by atoms with Gasteiger partial charge in [0.15, 0.2) is 0 Å². The summed E-state index contributed by atoms with van der Waals surface area (Å²) >= 11 is 1.48. The Morgan fingerprint density at radius 1 is 1.35 bits per heavy atom. The molecule has 20 heavy (non-hydrogen) atoms. The molecule has 3 rings (SSSR count). The van der Waals surface area contributed by atoms with Gasteiger partial charge < -0.3 is 10.6 Å². The number of carbonyl (C=O) groups excluding carboxylic acids is 1. The van der Waals surface area contributed by atoms with Gasteiger partial charge in [-0.15, -0.1) is 10.2 Å². The van der Waals surface area contributed by atoms with Crippen molar-refractivity contribution in [3.63, 3.8) is 0 Å². The molecule has 1 amide bonds. The van der Waals surface area contributed by atoms with Crippen LogP contribution in [0.1, 0.15) is 45.0 Å². The van der Waals surface area contributed by atoms with Gasteiger partial charge in [0.2, 0.25) is 11.0 Å². The molecule has 1 aromatic rings. The third-order valence-electron chi connectivity index (χ3n) is 4.40. The van der Waals surface area contributed by atoms with Crippen LogP contribution in [0, 0.1) is 11.3 Å². The molecule has 2 heterocycles. The Morgan fingerprint density at radius 3 is 2.65 bits per heavy atom. The maximum Gasteiger partial charge on any atom is 0.229 e. The number of nitrogens with one attached hydrogen (secondary N) is 2. The van der Waals surface area contributed by atoms with Gasteiger partial charge in [0.1, 0.15) is 5.01 Å². The van der Waals surface area contributed by atoms with Gasteiger partial charge in [-0.2, -0.15) is 0 Å². The van der Waals surface area contributed by atoms with Gasteiger partial charge in [-0.3, -0.25) is 4.79 Å². The van der Waals surface area contributed by atoms with Gasteiger partial charge in [-0.1, -0.05) is 32.1 Å². The van der Waals surface area contributed by atoms with Crippen molar-refractivity contribution in [2.24, 2.45) is 11.3 Å². The van der Waals surface area contributed by atoms with Crippen molar-refractivity contribution in [2.45, 2.75) is 45.4 Å². The Kier molecular flexibility index (Phi) is 3.33. The highest BCUT2D eigenvalue weighted by molar-refractivity contribution is 7.15. The second kappa shape index (κ2) is 4.77. The lowest BCUT2D eigenvalue weighted by molar-refractivity contribution is -0.118. The standard InChI is InChI=1S/C14H22N4OS/c1-13(2,3)11-17-18-12(20-11)16-10(19)9-8-14(9)4-6-15-7-5-14/h9,15H,4-8H2,1-3H3,(H,16,18,19). The van der Waals surface area contributed by atoms with E-state index >= 15 is 0 Å². The first-order valence-electron chi connectivity index (χ1n) is 7.26. The van der Waals surface area contributed by atoms with Crippen LogP contribution in [0.4, 0.5) is 5.13 Å². The van der Waals surface area contributed by atoms with E-state index in [0.29, 0.717) is 5.13 Å². The number of amides is 1. The molecule has 1 aromatic heterocycles. The molecule has 1 atom stereocenters. The monoisotopic (exact) mass is 294 g/mol. The van der Waals surface area contributed by atoms with Crippen LogP contribution < -0.4 is 10.6 Å². The second-order valence-electron chi connectivity index (χ2n) is 7.02. The number of piperidine rings is 1. The van der Waals surface area contributed by atoms with Crippen molar-refractivity contribution in [3.8, 4) is 0 Å². The number of nitrogens with zero attached hydrogens (tertiary/aromatic N) is 2. The summed E-state index contributed by atoms with van der Waals surface area (Å²) in [6, 6.07) is 0. The van der Waals surface area contributed by atoms with E-state index < -0.39 is 0 Å². The summed E-state index contributed by atoms with van der Waals surface area (Å²) in [6.45, 7) is 8.38. The van der Waals surface area contributed by atoms with Gasteiger partial charge in [0.05, 0.1) is 0 Å². The molecule has 2 aliphatic rings. The first kappa shape index (κ1) is 13.9. The molecule has 0 aromatic carbocycles. The van der Waals surface area contributed by atoms with Crippen molar-refractivity contribution in [3.05, 3.63) is 5.01 Å². The smallest absolute Gasteiger partial charge is 0.229 e. The maximum atomic E-state index is 12.3. The average Bonchev–Trinajstić information content (AvgIpc) is 2.85. The number of hydrogen-bond donors (Lipinski definition) is 2. The molecular formula is C14H22N4OS. The van der Waals surface area contributed by atoms with E-state index in [1.165, 1.54) is 11.3 Å². The van der Waals surface area contributed by atoms with Crippen LogP contribution in [0.2, 0.25) is 0 Å². The summed E-state index contributed by atoms with van der Waals surface area (Å²) in [7, 11) is 0. The number of aromatic nitrogens is 2. The molecule has 6 heteroatoms. The predicted molar refractivity (Wildman–Crippen MR) is 79.9 cm³/mol. The third-order valence-corrected chi connectivity index (χ3v) is 5.67. The number of rotatable bonds is 2. The highest BCUT2D eigenvalue weighted by atomic mass is 32.1. The first-order chi connectivity index (χ1) is 9.41. The molecule has 2 N–H and O–H groups in total. The Morgan fingerprint density at radius 2 is 2.05 bits per heavy atom. The molecule has 2 fully saturated rings. The fraction of sp³-hybridized carbons (Fsp3) is 0.786. The Bertz CT molecular complexity index is 513. The minimum absolute atomic E-state index is 0.0174. The topological polar surface area (TPSA) is 66.9 Å². The predicted octanol–water partition coefficient (Wildman–Crippen LogP) is 2.16. The van der Waals surface area contributed by atoms with E-state index in [1.54, 1.807) is 0 Å². The molecular weight excluding hydrogens is 272 g/mol. The molecule has 110 valence electrons. The van der Waals surface area contributed by atoms with Crippen LogP contribution in [0.5, 0.6) is 0 Å². The summed E-state index contributed by atoms with van der Waals surface area (Å²) in [6.07, 6.45) is 3.27. The molecule has 1 unspecified atom stereocenters. The lowest BCUT2D eigenvalue weighted by Crippen LogP contribution is -2.31. The minimum atomic E-state index is -0.0174. The summed E-state index contributed by atoms with van der Waals surface area (Å²) in [5, 5.41) is 16.2. The van der Waals surface area contributed by atoms with Crippen LogP contribution in [-0.4, -0.2) is 29.2 Å². The Labute approximate surface area is 123 Å². The van der Waals surface area contributed by atoms with Gasteiger partial charge in [0, 0.05) is 11.3 Å². The molecule has 1 aliphatic carbocycles. The van der Waals surface area contributed by atoms with E-state index in [9.17, 15) is 4.79 Å². The van der Waals surface area contributed by atoms with Crippen molar-refractivity contribution in [2.75, 3.05) is 18.4 Å². The Balaban J connectivity index is 1.61. The van der Waals surface area contributed by atoms with Crippen LogP contribution in [0.25, 0.3) is 0 Å². The average molecular weight is 294 g/mol. The third kappa shape index (κ3) is 2.59. The van der Waals surface area contributed by atoms with Crippen molar-refractivity contribution in [1.82, 2.24) is 15.5 Å². The number of hydrogen-bond acceptors (Lipinski definition) is 5. The zero-order valence-corrected chi connectivity index (χ0v) is 13.1. The SMILES string of the molecule is CC(C)(C)c1nnc(NC(=O)C2CC23CCNCC3)s1. The van der Waals surface area contributed by atoms with E-state index in [2.05, 4.69) is 41.6 Å². The highest BCUT2D eigenvalue weighted by Crippen LogP contribution is 2.58. The molecule has 1 spiro atoms. The largest absolute Gasteiger partial charge is 0.317 e. The van der Waals surface area contributed by atoms with Gasteiger partial charge in [-0.25, -0.2) is 0 Å². The zero-order valence-electron chi connectivity index (χ0n) is 12.3. The first-order valence-corrected chi connectivity index (χ1v) is 8.08. The highest BCUT2D eigenvalue weighted by Gasteiger charge is 2.57. The minimum Gasteiger partial charge on any atom is -0.317 e. The quantitative estimate of drug-likeness (QED) is 0.877. The molecule has 1 aliphatic heterocycles. The fourth-order valence-electron chi connectivity index (χ4n) is 2.96. The molecule has 1 saturated carbocycles. The lowest BCUT2D eigenvalue weighted by Gasteiger charge is -2.22. The Hall–Kier alpha value is -1.01. The lowest BCUT2D eigenvalue weighted by atomic mass is 9.92. The van der Waals surface area contributed by atoms with Crippen LogP contribution in [0.3, 0.4) is 0 Å². The van der Waals surface area contributed by atoms with Crippen LogP contribution in [0.15, 0.2) is 0 Å². The zero-order chi connectivity index (χ0) is 14.4. The van der Waals surface area contributed by atoms with Crippen LogP contribution >= 0.6 is 11.3 Å². The summed E-state index contributed by atoms with van der Waals surface area (Å²) in [5.41, 5.74) is 0.253. The molecule has 0 bridgehead atoms. The molecule has 1 saturated heterocycles. The summed E-state index contributed by atoms with van der Waals surface area (Å²) in [4.78, 5) is 12.3. The van der Waals surface area contributed by atoms with Crippen molar-refractivity contribution < 1.29 is 4.79 Å². The van der Waals surface area contributed by atoms with E-state index in [0.717, 1.165) is 37.4 Å².